The molecule has 3 fully saturated rings. The number of likely N-dealkylation sites (tertiary alicyclic amines) is 2. The fourth-order valence-corrected chi connectivity index (χ4v) is 4.46. The SMILES string of the molecule is Cl.O=C(c1ccc(F)cc1F)N1CCC(C(=O)N2C[C@H]3CNC[C@H]3C2)CC1. The maximum Gasteiger partial charge on any atom is 0.256 e. The summed E-state index contributed by atoms with van der Waals surface area (Å²) >= 11 is 0. The first kappa shape index (κ1) is 20.0. The second-order valence-electron chi connectivity index (χ2n) is 7.61. The van der Waals surface area contributed by atoms with Crippen molar-refractivity contribution in [2.75, 3.05) is 39.3 Å². The van der Waals surface area contributed by atoms with Crippen LogP contribution < -0.4 is 5.32 Å². The first-order valence-corrected chi connectivity index (χ1v) is 9.26. The van der Waals surface area contributed by atoms with Gasteiger partial charge in [-0.2, -0.15) is 0 Å². The van der Waals surface area contributed by atoms with Gasteiger partial charge in [-0.1, -0.05) is 0 Å². The maximum absolute atomic E-state index is 13.8. The molecule has 3 heterocycles. The van der Waals surface area contributed by atoms with E-state index >= 15 is 0 Å². The van der Waals surface area contributed by atoms with Gasteiger partial charge in [0.15, 0.2) is 0 Å². The summed E-state index contributed by atoms with van der Waals surface area (Å²) in [4.78, 5) is 28.8. The van der Waals surface area contributed by atoms with Gasteiger partial charge in [0.05, 0.1) is 5.56 Å². The van der Waals surface area contributed by atoms with Crippen molar-refractivity contribution in [1.29, 1.82) is 0 Å². The Morgan fingerprint density at radius 1 is 1.00 bits per heavy atom. The number of benzene rings is 1. The van der Waals surface area contributed by atoms with Crippen LogP contribution in [0.2, 0.25) is 0 Å². The van der Waals surface area contributed by atoms with Gasteiger partial charge in [-0.3, -0.25) is 9.59 Å². The Labute approximate surface area is 163 Å². The zero-order valence-corrected chi connectivity index (χ0v) is 15.8. The van der Waals surface area contributed by atoms with Crippen LogP contribution in [0.25, 0.3) is 0 Å². The number of hydrogen-bond acceptors (Lipinski definition) is 3. The minimum atomic E-state index is -0.842. The molecule has 0 bridgehead atoms. The lowest BCUT2D eigenvalue weighted by atomic mass is 9.94. The molecule has 27 heavy (non-hydrogen) atoms. The molecular formula is C19H24ClF2N3O2. The summed E-state index contributed by atoms with van der Waals surface area (Å²) in [5.74, 6) is -0.706. The average molecular weight is 400 g/mol. The quantitative estimate of drug-likeness (QED) is 0.826. The van der Waals surface area contributed by atoms with Crippen molar-refractivity contribution in [2.24, 2.45) is 17.8 Å². The number of fused-ring (bicyclic) bond motifs is 1. The highest BCUT2D eigenvalue weighted by molar-refractivity contribution is 5.94. The second-order valence-corrected chi connectivity index (χ2v) is 7.61. The van der Waals surface area contributed by atoms with E-state index in [0.717, 1.165) is 38.3 Å². The topological polar surface area (TPSA) is 52.7 Å². The van der Waals surface area contributed by atoms with E-state index in [4.69, 9.17) is 0 Å². The van der Waals surface area contributed by atoms with Crippen molar-refractivity contribution in [3.8, 4) is 0 Å². The Hall–Kier alpha value is -1.73. The van der Waals surface area contributed by atoms with E-state index in [2.05, 4.69) is 5.32 Å². The highest BCUT2D eigenvalue weighted by Gasteiger charge is 2.40. The molecule has 4 rings (SSSR count). The van der Waals surface area contributed by atoms with Crippen molar-refractivity contribution in [3.63, 3.8) is 0 Å². The number of hydrogen-bond donors (Lipinski definition) is 1. The summed E-state index contributed by atoms with van der Waals surface area (Å²) < 4.78 is 26.8. The number of carbonyl (C=O) groups excluding carboxylic acids is 2. The van der Waals surface area contributed by atoms with Gasteiger partial charge in [-0.25, -0.2) is 8.78 Å². The van der Waals surface area contributed by atoms with Crippen LogP contribution in [-0.2, 0) is 4.79 Å². The van der Waals surface area contributed by atoms with E-state index in [0.29, 0.717) is 37.8 Å². The van der Waals surface area contributed by atoms with E-state index in [1.807, 2.05) is 4.90 Å². The summed E-state index contributed by atoms with van der Waals surface area (Å²) in [6, 6.07) is 3.00. The molecule has 0 unspecified atom stereocenters. The lowest BCUT2D eigenvalue weighted by molar-refractivity contribution is -0.136. The molecule has 1 aromatic rings. The van der Waals surface area contributed by atoms with E-state index in [9.17, 15) is 18.4 Å². The van der Waals surface area contributed by atoms with Crippen molar-refractivity contribution in [2.45, 2.75) is 12.8 Å². The summed E-state index contributed by atoms with van der Waals surface area (Å²) in [6.07, 6.45) is 1.19. The maximum atomic E-state index is 13.8. The van der Waals surface area contributed by atoms with Crippen LogP contribution in [0.15, 0.2) is 18.2 Å². The van der Waals surface area contributed by atoms with Gasteiger partial charge in [-0.15, -0.1) is 12.4 Å². The minimum Gasteiger partial charge on any atom is -0.342 e. The van der Waals surface area contributed by atoms with Crippen molar-refractivity contribution >= 4 is 24.2 Å². The van der Waals surface area contributed by atoms with E-state index in [1.54, 1.807) is 4.90 Å². The number of halogens is 3. The first-order valence-electron chi connectivity index (χ1n) is 9.26. The molecule has 0 saturated carbocycles. The lowest BCUT2D eigenvalue weighted by Gasteiger charge is -2.33. The first-order chi connectivity index (χ1) is 12.5. The molecule has 1 N–H and O–H groups in total. The molecule has 0 spiro atoms. The smallest absolute Gasteiger partial charge is 0.256 e. The second kappa shape index (κ2) is 8.10. The molecular weight excluding hydrogens is 376 g/mol. The van der Waals surface area contributed by atoms with Crippen LogP contribution in [0.4, 0.5) is 8.78 Å². The summed E-state index contributed by atoms with van der Waals surface area (Å²) in [5, 5.41) is 3.37. The fraction of sp³-hybridized carbons (Fsp3) is 0.579. The molecule has 2 atom stereocenters. The summed E-state index contributed by atoms with van der Waals surface area (Å²) in [5.41, 5.74) is -0.115. The molecule has 8 heteroatoms. The van der Waals surface area contributed by atoms with Crippen LogP contribution in [0, 0.1) is 29.4 Å². The van der Waals surface area contributed by atoms with Crippen LogP contribution in [0.1, 0.15) is 23.2 Å². The number of amides is 2. The number of carbonyl (C=O) groups is 2. The standard InChI is InChI=1S/C19H23F2N3O2.ClH/c20-15-1-2-16(17(21)7-15)19(26)23-5-3-12(4-6-23)18(25)24-10-13-8-22-9-14(13)11-24;/h1-2,7,12-14,22H,3-6,8-11H2;1H/t13-,14+;. The van der Waals surface area contributed by atoms with Gasteiger partial charge in [0.25, 0.3) is 5.91 Å². The molecule has 0 radical (unpaired) electrons. The van der Waals surface area contributed by atoms with Crippen molar-refractivity contribution < 1.29 is 18.4 Å². The number of piperidine rings is 1. The fourth-order valence-electron chi connectivity index (χ4n) is 4.46. The molecule has 3 aliphatic rings. The van der Waals surface area contributed by atoms with Crippen LogP contribution in [0.5, 0.6) is 0 Å². The molecule has 0 aliphatic carbocycles. The Morgan fingerprint density at radius 3 is 2.22 bits per heavy atom. The Balaban J connectivity index is 0.00000210. The minimum absolute atomic E-state index is 0. The van der Waals surface area contributed by atoms with E-state index < -0.39 is 17.5 Å². The third-order valence-corrected chi connectivity index (χ3v) is 5.99. The summed E-state index contributed by atoms with van der Waals surface area (Å²) in [6.45, 7) is 4.49. The van der Waals surface area contributed by atoms with E-state index in [1.165, 1.54) is 6.07 Å². The van der Waals surface area contributed by atoms with Gasteiger partial charge in [0.2, 0.25) is 5.91 Å². The van der Waals surface area contributed by atoms with Crippen LogP contribution >= 0.6 is 12.4 Å². The van der Waals surface area contributed by atoms with Crippen molar-refractivity contribution in [3.05, 3.63) is 35.4 Å². The molecule has 148 valence electrons. The monoisotopic (exact) mass is 399 g/mol. The molecule has 1 aromatic carbocycles. The predicted octanol–water partition coefficient (Wildman–Crippen LogP) is 1.92. The highest BCUT2D eigenvalue weighted by Crippen LogP contribution is 2.30. The third kappa shape index (κ3) is 3.94. The Kier molecular flexibility index (Phi) is 6.01. The number of rotatable bonds is 2. The molecule has 0 aromatic heterocycles. The lowest BCUT2D eigenvalue weighted by Crippen LogP contribution is -2.44. The largest absolute Gasteiger partial charge is 0.342 e. The Morgan fingerprint density at radius 2 is 1.63 bits per heavy atom. The third-order valence-electron chi connectivity index (χ3n) is 5.99. The predicted molar refractivity (Wildman–Crippen MR) is 98.7 cm³/mol. The highest BCUT2D eigenvalue weighted by atomic mass is 35.5. The van der Waals surface area contributed by atoms with E-state index in [-0.39, 0.29) is 29.8 Å². The van der Waals surface area contributed by atoms with Gasteiger partial charge in [0.1, 0.15) is 11.6 Å². The average Bonchev–Trinajstić information content (AvgIpc) is 3.23. The Bertz CT molecular complexity index is 713. The normalized spacial score (nSPS) is 25.3. The zero-order valence-electron chi connectivity index (χ0n) is 15.0. The van der Waals surface area contributed by atoms with Crippen molar-refractivity contribution in [1.82, 2.24) is 15.1 Å². The number of nitrogens with zero attached hydrogens (tertiary/aromatic N) is 2. The molecule has 2 amide bonds. The van der Waals surface area contributed by atoms with Crippen LogP contribution in [-0.4, -0.2) is 60.9 Å². The van der Waals surface area contributed by atoms with Gasteiger partial charge in [0, 0.05) is 51.3 Å². The molecule has 3 aliphatic heterocycles. The van der Waals surface area contributed by atoms with Crippen LogP contribution in [0.3, 0.4) is 0 Å². The molecule has 3 saturated heterocycles. The van der Waals surface area contributed by atoms with Gasteiger partial charge >= 0.3 is 0 Å². The van der Waals surface area contributed by atoms with Gasteiger partial charge in [-0.05, 0) is 36.8 Å². The summed E-state index contributed by atoms with van der Waals surface area (Å²) in [7, 11) is 0. The molecule has 5 nitrogen and oxygen atoms in total. The zero-order chi connectivity index (χ0) is 18.3. The van der Waals surface area contributed by atoms with Gasteiger partial charge < -0.3 is 15.1 Å². The number of nitrogens with one attached hydrogen (secondary N) is 1.